The summed E-state index contributed by atoms with van der Waals surface area (Å²) in [4.78, 5) is 168. The zero-order valence-corrected chi connectivity index (χ0v) is 43.2. The molecule has 412 valence electrons. The quantitative estimate of drug-likeness (QED) is 0.0649. The van der Waals surface area contributed by atoms with Gasteiger partial charge >= 0.3 is 5.97 Å². The number of hydrogen-bond donors (Lipinski definition) is 9. The van der Waals surface area contributed by atoms with Crippen molar-refractivity contribution in [2.75, 3.05) is 45.8 Å². The van der Waals surface area contributed by atoms with Crippen LogP contribution in [-0.4, -0.2) is 195 Å². The summed E-state index contributed by atoms with van der Waals surface area (Å²) in [5.74, 6) is -7.62. The smallest absolute Gasteiger partial charge is 0.326 e. The largest absolute Gasteiger partial charge is 0.480 e. The molecule has 9 N–H and O–H groups in total. The molecule has 2 aromatic rings. The molecule has 5 aliphatic heterocycles. The Balaban J connectivity index is 0.961. The van der Waals surface area contributed by atoms with E-state index in [2.05, 4.69) is 42.2 Å². The fourth-order valence-corrected chi connectivity index (χ4v) is 10.8. The van der Waals surface area contributed by atoms with E-state index >= 15 is 0 Å². The van der Waals surface area contributed by atoms with E-state index in [4.69, 9.17) is 0 Å². The number of carbonyl (C=O) groups is 12. The fourth-order valence-electron chi connectivity index (χ4n) is 10.8. The van der Waals surface area contributed by atoms with Crippen LogP contribution in [0.25, 0.3) is 10.9 Å². The standard InChI is InChI=1S/C51H70N12O13/c1-4-28(2)43(50(74)62-21-9-15-37(62)49(73)63-22-10-16-38(63)51(75)76)59-46(70)35-13-7-19-60(35)48(72)36-14-8-20-61(36)47(71)34(23-30-24-52-32-12-6-5-11-31(30)32)58-42(67)27-54-44(68)29(3)56-41(66)26-53-40(65)25-55-45(69)33-17-18-39(64)57-33/h5-6,11-12,24,28-29,33-38,43,52H,4,7-10,13-23,25-27H2,1-3H3,(H,53,65)(H,54,68)(H,55,69)(H,56,66)(H,57,64)(H,58,67)(H,59,70)(H,75,76)/t28-,29-,33-,34-,35-,36-,37-,38-,43-/m0/s1. The second-order valence-corrected chi connectivity index (χ2v) is 20.3. The van der Waals surface area contributed by atoms with Gasteiger partial charge in [0.1, 0.15) is 48.3 Å². The molecule has 5 saturated heterocycles. The third-order valence-electron chi connectivity index (χ3n) is 15.2. The summed E-state index contributed by atoms with van der Waals surface area (Å²) < 4.78 is 0. The molecule has 0 bridgehead atoms. The van der Waals surface area contributed by atoms with Crippen molar-refractivity contribution in [2.45, 2.75) is 146 Å². The Bertz CT molecular complexity index is 2590. The molecular formula is C51H70N12O13. The number of H-pyrrole nitrogens is 1. The Labute approximate surface area is 439 Å². The van der Waals surface area contributed by atoms with Gasteiger partial charge in [-0.15, -0.1) is 0 Å². The molecule has 25 nitrogen and oxygen atoms in total. The Kier molecular flexibility index (Phi) is 18.7. The Hall–Kier alpha value is -7.60. The number of aromatic amines is 1. The molecule has 0 saturated carbocycles. The van der Waals surface area contributed by atoms with Gasteiger partial charge in [0.05, 0.1) is 19.6 Å². The first-order valence-corrected chi connectivity index (χ1v) is 26.4. The molecule has 1 aromatic carbocycles. The molecule has 0 radical (unpaired) electrons. The Morgan fingerprint density at radius 2 is 1.21 bits per heavy atom. The number of rotatable bonds is 21. The summed E-state index contributed by atoms with van der Waals surface area (Å²) in [5.41, 5.74) is 1.48. The maximum absolute atomic E-state index is 14.7. The van der Waals surface area contributed by atoms with Crippen LogP contribution in [0.1, 0.15) is 97.0 Å². The highest BCUT2D eigenvalue weighted by Gasteiger charge is 2.47. The van der Waals surface area contributed by atoms with Gasteiger partial charge in [-0.1, -0.05) is 38.5 Å². The lowest BCUT2D eigenvalue weighted by atomic mass is 9.96. The van der Waals surface area contributed by atoms with Crippen LogP contribution in [0.4, 0.5) is 0 Å². The second-order valence-electron chi connectivity index (χ2n) is 20.3. The van der Waals surface area contributed by atoms with Gasteiger partial charge < -0.3 is 66.9 Å². The minimum absolute atomic E-state index is 0.000365. The van der Waals surface area contributed by atoms with Gasteiger partial charge in [-0.2, -0.15) is 0 Å². The SMILES string of the molecule is CC[C@H](C)[C@H](NC(=O)[C@@H]1CCCN1C(=O)[C@@H]1CCCN1C(=O)[C@H](Cc1c[nH]c2ccccc12)NC(=O)CNC(=O)[C@H](C)NC(=O)CNC(=O)CNC(=O)[C@@H]1CCC(=O)N1)C(=O)N1CCC[C@H]1C(=O)N1CCC[C@H]1C(=O)O. The van der Waals surface area contributed by atoms with Gasteiger partial charge in [0.15, 0.2) is 0 Å². The van der Waals surface area contributed by atoms with E-state index in [0.29, 0.717) is 63.4 Å². The lowest BCUT2D eigenvalue weighted by Gasteiger charge is -2.35. The predicted octanol–water partition coefficient (Wildman–Crippen LogP) is -2.09. The van der Waals surface area contributed by atoms with Crippen molar-refractivity contribution in [2.24, 2.45) is 5.92 Å². The zero-order chi connectivity index (χ0) is 54.8. The van der Waals surface area contributed by atoms with Crippen molar-refractivity contribution in [3.63, 3.8) is 0 Å². The van der Waals surface area contributed by atoms with E-state index in [9.17, 15) is 62.6 Å². The van der Waals surface area contributed by atoms with Gasteiger partial charge in [0, 0.05) is 56.1 Å². The monoisotopic (exact) mass is 1060 g/mol. The molecular weight excluding hydrogens is 989 g/mol. The average Bonchev–Trinajstić information content (AvgIpc) is 4.29. The third-order valence-corrected chi connectivity index (χ3v) is 15.2. The molecule has 0 aliphatic carbocycles. The summed E-state index contributed by atoms with van der Waals surface area (Å²) in [7, 11) is 0. The topological polar surface area (TPSA) is 338 Å². The number of nitrogens with one attached hydrogen (secondary N) is 8. The zero-order valence-electron chi connectivity index (χ0n) is 43.2. The third kappa shape index (κ3) is 13.3. The van der Waals surface area contributed by atoms with Crippen molar-refractivity contribution in [1.29, 1.82) is 0 Å². The van der Waals surface area contributed by atoms with Crippen LogP contribution >= 0.6 is 0 Å². The Morgan fingerprint density at radius 3 is 1.84 bits per heavy atom. The van der Waals surface area contributed by atoms with Crippen molar-refractivity contribution < 1.29 is 62.6 Å². The van der Waals surface area contributed by atoms with Gasteiger partial charge in [-0.25, -0.2) is 4.79 Å². The van der Waals surface area contributed by atoms with Crippen LogP contribution in [0.2, 0.25) is 0 Å². The molecule has 7 rings (SSSR count). The highest BCUT2D eigenvalue weighted by atomic mass is 16.4. The number of benzene rings is 1. The number of amides is 11. The van der Waals surface area contributed by atoms with Crippen molar-refractivity contribution >= 4 is 81.9 Å². The highest BCUT2D eigenvalue weighted by molar-refractivity contribution is 5.99. The van der Waals surface area contributed by atoms with Crippen molar-refractivity contribution in [1.82, 2.24) is 61.8 Å². The normalized spacial score (nSPS) is 22.8. The first-order chi connectivity index (χ1) is 36.4. The summed E-state index contributed by atoms with van der Waals surface area (Å²) in [6.07, 6.45) is 5.99. The molecule has 76 heavy (non-hydrogen) atoms. The number of carboxylic acids is 1. The molecule has 25 heteroatoms. The number of fused-ring (bicyclic) bond motifs is 1. The number of nitrogens with zero attached hydrogens (tertiary/aromatic N) is 4. The second kappa shape index (κ2) is 25.3. The minimum atomic E-state index is -1.22. The van der Waals surface area contributed by atoms with Crippen LogP contribution in [0.15, 0.2) is 30.5 Å². The molecule has 5 aliphatic rings. The first-order valence-electron chi connectivity index (χ1n) is 26.4. The maximum atomic E-state index is 14.7. The Morgan fingerprint density at radius 1 is 0.645 bits per heavy atom. The predicted molar refractivity (Wildman–Crippen MR) is 270 cm³/mol. The van der Waals surface area contributed by atoms with E-state index < -0.39 is 133 Å². The number of carboxylic acid groups (broad SMARTS) is 1. The number of likely N-dealkylation sites (tertiary alicyclic amines) is 4. The summed E-state index contributed by atoms with van der Waals surface area (Å²) in [6, 6.07) is -0.557. The lowest BCUT2D eigenvalue weighted by molar-refractivity contribution is -0.153. The first kappa shape index (κ1) is 56.1. The molecule has 0 unspecified atom stereocenters. The molecule has 6 heterocycles. The molecule has 0 spiro atoms. The number of hydrogen-bond acceptors (Lipinski definition) is 12. The van der Waals surface area contributed by atoms with Crippen LogP contribution in [-0.2, 0) is 64.0 Å². The van der Waals surface area contributed by atoms with Crippen LogP contribution in [0, 0.1) is 5.92 Å². The number of para-hydroxylation sites is 1. The molecule has 9 atom stereocenters. The van der Waals surface area contributed by atoms with E-state index in [0.717, 1.165) is 10.9 Å². The summed E-state index contributed by atoms with van der Waals surface area (Å²) in [5, 5.41) is 28.3. The van der Waals surface area contributed by atoms with Crippen LogP contribution in [0.3, 0.4) is 0 Å². The van der Waals surface area contributed by atoms with E-state index in [1.54, 1.807) is 6.20 Å². The minimum Gasteiger partial charge on any atom is -0.480 e. The van der Waals surface area contributed by atoms with Gasteiger partial charge in [0.2, 0.25) is 65.0 Å². The average molecular weight is 1060 g/mol. The lowest BCUT2D eigenvalue weighted by Crippen LogP contribution is -2.60. The summed E-state index contributed by atoms with van der Waals surface area (Å²) >= 11 is 0. The molecule has 5 fully saturated rings. The van der Waals surface area contributed by atoms with Gasteiger partial charge in [-0.3, -0.25) is 52.7 Å². The van der Waals surface area contributed by atoms with E-state index in [1.807, 2.05) is 38.1 Å². The van der Waals surface area contributed by atoms with Crippen LogP contribution in [0.5, 0.6) is 0 Å². The van der Waals surface area contributed by atoms with Crippen molar-refractivity contribution in [3.8, 4) is 0 Å². The van der Waals surface area contributed by atoms with Crippen molar-refractivity contribution in [3.05, 3.63) is 36.0 Å². The van der Waals surface area contributed by atoms with E-state index in [1.165, 1.54) is 26.5 Å². The molecule has 1 aromatic heterocycles. The molecule has 11 amide bonds. The van der Waals surface area contributed by atoms with Gasteiger partial charge in [0.25, 0.3) is 0 Å². The number of carbonyl (C=O) groups excluding carboxylic acids is 11. The van der Waals surface area contributed by atoms with Crippen LogP contribution < -0.4 is 37.2 Å². The van der Waals surface area contributed by atoms with Gasteiger partial charge in [-0.05, 0) is 82.3 Å². The van der Waals surface area contributed by atoms with E-state index in [-0.39, 0.29) is 57.3 Å². The highest BCUT2D eigenvalue weighted by Crippen LogP contribution is 2.30. The maximum Gasteiger partial charge on any atom is 0.326 e. The number of aliphatic carboxylic acids is 1. The number of aromatic nitrogens is 1. The summed E-state index contributed by atoms with van der Waals surface area (Å²) in [6.45, 7) is 4.41. The fraction of sp³-hybridized carbons (Fsp3) is 0.608.